The molecule has 0 saturated heterocycles. The normalized spacial score (nSPS) is 20.5. The summed E-state index contributed by atoms with van der Waals surface area (Å²) < 4.78 is 11.3. The molecule has 2 fully saturated rings. The van der Waals surface area contributed by atoms with Gasteiger partial charge in [0.15, 0.2) is 12.4 Å². The molecule has 2 saturated carbocycles. The van der Waals surface area contributed by atoms with Crippen LogP contribution in [0.15, 0.2) is 23.2 Å². The third-order valence-corrected chi connectivity index (χ3v) is 6.49. The summed E-state index contributed by atoms with van der Waals surface area (Å²) in [6.45, 7) is 7.46. The van der Waals surface area contributed by atoms with Crippen molar-refractivity contribution in [1.29, 1.82) is 0 Å². The highest BCUT2D eigenvalue weighted by molar-refractivity contribution is 5.92. The first-order valence-electron chi connectivity index (χ1n) is 12.4. The fraction of sp³-hybridized carbons (Fsp3) is 0.538. The largest absolute Gasteiger partial charge is 0.507 e. The second-order valence-electron chi connectivity index (χ2n) is 10.3. The topological polar surface area (TPSA) is 138 Å². The van der Waals surface area contributed by atoms with Gasteiger partial charge in [-0.15, -0.1) is 0 Å². The predicted octanol–water partition coefficient (Wildman–Crippen LogP) is 4.18. The van der Waals surface area contributed by atoms with Crippen molar-refractivity contribution in [2.24, 2.45) is 4.99 Å². The van der Waals surface area contributed by atoms with Crippen LogP contribution in [0.3, 0.4) is 0 Å². The van der Waals surface area contributed by atoms with E-state index in [2.05, 4.69) is 25.8 Å². The van der Waals surface area contributed by atoms with Gasteiger partial charge in [-0.25, -0.2) is 4.79 Å². The van der Waals surface area contributed by atoms with Crippen LogP contribution in [0.1, 0.15) is 75.6 Å². The molecular weight excluding hydrogens is 462 g/mol. The Morgan fingerprint density at radius 2 is 2.08 bits per heavy atom. The smallest absolute Gasteiger partial charge is 0.407 e. The maximum Gasteiger partial charge on any atom is 0.407 e. The number of aromatic nitrogens is 2. The number of ether oxygens (including phenoxy) is 2. The van der Waals surface area contributed by atoms with Crippen molar-refractivity contribution in [3.8, 4) is 11.5 Å². The van der Waals surface area contributed by atoms with Crippen molar-refractivity contribution < 1.29 is 24.2 Å². The number of carbonyl (C=O) groups is 2. The van der Waals surface area contributed by atoms with Gasteiger partial charge in [0.25, 0.3) is 5.91 Å². The molecule has 2 unspecified atom stereocenters. The number of benzene rings is 1. The fourth-order valence-corrected chi connectivity index (χ4v) is 4.22. The second-order valence-corrected chi connectivity index (χ2v) is 10.3. The highest BCUT2D eigenvalue weighted by Crippen LogP contribution is 2.37. The summed E-state index contributed by atoms with van der Waals surface area (Å²) in [7, 11) is 0. The lowest BCUT2D eigenvalue weighted by Gasteiger charge is -2.16. The average molecular weight is 498 g/mol. The number of alkyl carbamates (subject to hydrolysis) is 1. The van der Waals surface area contributed by atoms with E-state index in [1.54, 1.807) is 24.4 Å². The molecule has 2 aromatic rings. The van der Waals surface area contributed by atoms with Gasteiger partial charge in [-0.2, -0.15) is 5.10 Å². The summed E-state index contributed by atoms with van der Waals surface area (Å²) in [5.74, 6) is 0.623. The zero-order valence-corrected chi connectivity index (χ0v) is 21.3. The molecule has 0 aliphatic heterocycles. The Labute approximate surface area is 210 Å². The zero-order valence-electron chi connectivity index (χ0n) is 21.3. The van der Waals surface area contributed by atoms with Gasteiger partial charge < -0.3 is 25.2 Å². The van der Waals surface area contributed by atoms with Crippen LogP contribution in [0.2, 0.25) is 0 Å². The molecule has 0 spiro atoms. The number of amides is 2. The van der Waals surface area contributed by atoms with E-state index < -0.39 is 0 Å². The number of phenols is 1. The molecule has 36 heavy (non-hydrogen) atoms. The highest BCUT2D eigenvalue weighted by Gasteiger charge is 2.40. The summed E-state index contributed by atoms with van der Waals surface area (Å²) >= 11 is 0. The third-order valence-electron chi connectivity index (χ3n) is 6.49. The SMILES string of the molecule is Cc1cc(O)c(C=NC(C)C)c(OCC(=O)Nc2cc(C3CCC(OC(=O)NC4(C)CC4)C3)[nH]n2)c1. The molecule has 4 N–H and O–H groups in total. The van der Waals surface area contributed by atoms with Crippen molar-refractivity contribution in [3.05, 3.63) is 35.0 Å². The first-order chi connectivity index (χ1) is 17.1. The minimum atomic E-state index is -0.376. The fourth-order valence-electron chi connectivity index (χ4n) is 4.22. The lowest BCUT2D eigenvalue weighted by atomic mass is 10.0. The number of H-pyrrole nitrogens is 1. The predicted molar refractivity (Wildman–Crippen MR) is 136 cm³/mol. The summed E-state index contributed by atoms with van der Waals surface area (Å²) in [6, 6.07) is 5.24. The van der Waals surface area contributed by atoms with Crippen molar-refractivity contribution in [2.45, 2.75) is 83.4 Å². The first-order valence-corrected chi connectivity index (χ1v) is 12.4. The van der Waals surface area contributed by atoms with E-state index in [1.165, 1.54) is 0 Å². The molecule has 2 amide bonds. The molecule has 10 heteroatoms. The summed E-state index contributed by atoms with van der Waals surface area (Å²) in [5.41, 5.74) is 2.03. The van der Waals surface area contributed by atoms with E-state index in [9.17, 15) is 14.7 Å². The van der Waals surface area contributed by atoms with Crippen LogP contribution in [0, 0.1) is 6.92 Å². The van der Waals surface area contributed by atoms with Crippen molar-refractivity contribution in [1.82, 2.24) is 15.5 Å². The molecule has 4 rings (SSSR count). The lowest BCUT2D eigenvalue weighted by molar-refractivity contribution is -0.118. The van der Waals surface area contributed by atoms with Gasteiger partial charge in [0, 0.05) is 35.5 Å². The van der Waals surface area contributed by atoms with E-state index in [1.807, 2.05) is 27.7 Å². The number of anilines is 1. The number of carbonyl (C=O) groups excluding carboxylic acids is 2. The Balaban J connectivity index is 1.28. The molecule has 2 atom stereocenters. The molecule has 1 heterocycles. The number of nitrogens with one attached hydrogen (secondary N) is 3. The number of aryl methyl sites for hydroxylation is 1. The number of hydrogen-bond acceptors (Lipinski definition) is 7. The number of nitrogens with zero attached hydrogens (tertiary/aromatic N) is 2. The Kier molecular flexibility index (Phi) is 7.51. The maximum absolute atomic E-state index is 12.5. The van der Waals surface area contributed by atoms with Gasteiger partial charge in [-0.1, -0.05) is 0 Å². The molecule has 0 bridgehead atoms. The van der Waals surface area contributed by atoms with E-state index in [0.717, 1.165) is 36.9 Å². The molecular formula is C26H35N5O5. The molecule has 1 aromatic carbocycles. The summed E-state index contributed by atoms with van der Waals surface area (Å²) in [4.78, 5) is 28.9. The van der Waals surface area contributed by atoms with E-state index in [0.29, 0.717) is 23.6 Å². The highest BCUT2D eigenvalue weighted by atomic mass is 16.6. The van der Waals surface area contributed by atoms with Crippen LogP contribution in [-0.4, -0.2) is 57.8 Å². The minimum absolute atomic E-state index is 0.0461. The zero-order chi connectivity index (χ0) is 25.9. The quantitative estimate of drug-likeness (QED) is 0.384. The monoisotopic (exact) mass is 497 g/mol. The van der Waals surface area contributed by atoms with Gasteiger partial charge in [0.2, 0.25) is 0 Å². The Hall–Kier alpha value is -3.56. The van der Waals surface area contributed by atoms with E-state index >= 15 is 0 Å². The maximum atomic E-state index is 12.5. The van der Waals surface area contributed by atoms with Gasteiger partial charge in [-0.05, 0) is 77.5 Å². The molecule has 2 aliphatic rings. The summed E-state index contributed by atoms with van der Waals surface area (Å²) in [6.07, 6.45) is 5.42. The van der Waals surface area contributed by atoms with E-state index in [4.69, 9.17) is 9.47 Å². The molecule has 194 valence electrons. The van der Waals surface area contributed by atoms with Crippen LogP contribution >= 0.6 is 0 Å². The van der Waals surface area contributed by atoms with Crippen molar-refractivity contribution in [2.75, 3.05) is 11.9 Å². The number of aromatic amines is 1. The van der Waals surface area contributed by atoms with Gasteiger partial charge in [0.05, 0.1) is 5.56 Å². The van der Waals surface area contributed by atoms with Crippen molar-refractivity contribution >= 4 is 24.0 Å². The van der Waals surface area contributed by atoms with Gasteiger partial charge in [-0.3, -0.25) is 14.9 Å². The Morgan fingerprint density at radius 1 is 1.31 bits per heavy atom. The number of aromatic hydroxyl groups is 1. The van der Waals surface area contributed by atoms with Gasteiger partial charge in [0.1, 0.15) is 17.6 Å². The average Bonchev–Trinajstić information content (AvgIpc) is 3.16. The third kappa shape index (κ3) is 6.77. The van der Waals surface area contributed by atoms with Crippen LogP contribution < -0.4 is 15.4 Å². The summed E-state index contributed by atoms with van der Waals surface area (Å²) in [5, 5.41) is 23.1. The standard InChI is InChI=1S/C26H35N5O5/c1-15(2)27-13-19-21(32)9-16(3)10-22(19)35-14-24(33)28-23-12-20(30-31-23)17-5-6-18(11-17)36-25(34)29-26(4)7-8-26/h9-10,12-13,15,17-18,32H,5-8,11,14H2,1-4H3,(H,29,34)(H2,28,30,31,33). The molecule has 10 nitrogen and oxygen atoms in total. The first kappa shape index (κ1) is 25.5. The Morgan fingerprint density at radius 3 is 2.81 bits per heavy atom. The second kappa shape index (κ2) is 10.6. The number of rotatable bonds is 9. The molecule has 0 radical (unpaired) electrons. The van der Waals surface area contributed by atoms with Crippen LogP contribution in [0.5, 0.6) is 11.5 Å². The number of aliphatic imine (C=N–C) groups is 1. The van der Waals surface area contributed by atoms with Gasteiger partial charge >= 0.3 is 6.09 Å². The van der Waals surface area contributed by atoms with Crippen molar-refractivity contribution in [3.63, 3.8) is 0 Å². The molecule has 2 aliphatic carbocycles. The Bertz CT molecular complexity index is 1140. The molecule has 1 aromatic heterocycles. The number of phenolic OH excluding ortho intramolecular Hbond substituents is 1. The lowest BCUT2D eigenvalue weighted by Crippen LogP contribution is -2.36. The van der Waals surface area contributed by atoms with E-state index in [-0.39, 0.29) is 48.0 Å². The van der Waals surface area contributed by atoms with Crippen LogP contribution in [-0.2, 0) is 9.53 Å². The number of hydrogen-bond donors (Lipinski definition) is 4. The van der Waals surface area contributed by atoms with Crippen LogP contribution in [0.25, 0.3) is 0 Å². The minimum Gasteiger partial charge on any atom is -0.507 e. The van der Waals surface area contributed by atoms with Crippen LogP contribution in [0.4, 0.5) is 10.6 Å².